The van der Waals surface area contributed by atoms with Crippen LogP contribution in [0, 0.1) is 0 Å². The number of esters is 1. The van der Waals surface area contributed by atoms with Gasteiger partial charge in [-0.15, -0.1) is 0 Å². The van der Waals surface area contributed by atoms with Gasteiger partial charge in [-0.25, -0.2) is 4.79 Å². The van der Waals surface area contributed by atoms with E-state index in [1.807, 2.05) is 18.2 Å². The van der Waals surface area contributed by atoms with E-state index in [0.717, 1.165) is 12.8 Å². The zero-order chi connectivity index (χ0) is 18.2. The molecule has 4 nitrogen and oxygen atoms in total. The maximum Gasteiger partial charge on any atom is 0.339 e. The second kappa shape index (κ2) is 9.39. The van der Waals surface area contributed by atoms with Crippen molar-refractivity contribution in [2.24, 2.45) is 0 Å². The first-order chi connectivity index (χ1) is 12.0. The molecule has 25 heavy (non-hydrogen) atoms. The van der Waals surface area contributed by atoms with Gasteiger partial charge in [0.2, 0.25) is 0 Å². The molecule has 0 aromatic heterocycles. The quantitative estimate of drug-likeness (QED) is 0.576. The fourth-order valence-corrected chi connectivity index (χ4v) is 2.87. The Morgan fingerprint density at radius 3 is 2.64 bits per heavy atom. The van der Waals surface area contributed by atoms with E-state index in [0.29, 0.717) is 21.4 Å². The number of halogens is 1. The molecule has 2 aromatic rings. The summed E-state index contributed by atoms with van der Waals surface area (Å²) in [6, 6.07) is 15.6. The highest BCUT2D eigenvalue weighted by Gasteiger charge is 2.12. The maximum absolute atomic E-state index is 11.7. The van der Waals surface area contributed by atoms with Crippen molar-refractivity contribution in [3.8, 4) is 0 Å². The van der Waals surface area contributed by atoms with Gasteiger partial charge in [0.15, 0.2) is 5.11 Å². The van der Waals surface area contributed by atoms with E-state index in [4.69, 9.17) is 28.6 Å². The minimum Gasteiger partial charge on any atom is -0.465 e. The summed E-state index contributed by atoms with van der Waals surface area (Å²) in [6.07, 6.45) is 1.94. The van der Waals surface area contributed by atoms with Crippen LogP contribution in [0.2, 0.25) is 5.02 Å². The van der Waals surface area contributed by atoms with Gasteiger partial charge in [-0.05, 0) is 55.7 Å². The van der Waals surface area contributed by atoms with Crippen LogP contribution in [0.1, 0.15) is 29.3 Å². The minimum atomic E-state index is -0.483. The lowest BCUT2D eigenvalue weighted by Gasteiger charge is -2.17. The van der Waals surface area contributed by atoms with Gasteiger partial charge in [-0.1, -0.05) is 41.9 Å². The largest absolute Gasteiger partial charge is 0.465 e. The number of benzene rings is 2. The number of ether oxygens (including phenoxy) is 1. The zero-order valence-corrected chi connectivity index (χ0v) is 15.8. The second-order valence-electron chi connectivity index (χ2n) is 5.71. The normalized spacial score (nSPS) is 11.5. The SMILES string of the molecule is COC(=O)c1cc(NC(=S)N[C@@H](C)CCc2ccccc2)ccc1Cl. The third kappa shape index (κ3) is 6.03. The number of thiocarbonyl (C=S) groups is 1. The van der Waals surface area contributed by atoms with Gasteiger partial charge in [-0.2, -0.15) is 0 Å². The Bertz CT molecular complexity index is 737. The first-order valence-electron chi connectivity index (χ1n) is 7.99. The minimum absolute atomic E-state index is 0.215. The standard InChI is InChI=1S/C19H21ClN2O2S/c1-13(8-9-14-6-4-3-5-7-14)21-19(25)22-15-10-11-17(20)16(12-15)18(23)24-2/h3-7,10-13H,8-9H2,1-2H3,(H2,21,22,25)/t13-/m0/s1. The average molecular weight is 377 g/mol. The molecule has 0 amide bonds. The van der Waals surface area contributed by atoms with Gasteiger partial charge in [0.25, 0.3) is 0 Å². The summed E-state index contributed by atoms with van der Waals surface area (Å²) in [7, 11) is 1.32. The second-order valence-corrected chi connectivity index (χ2v) is 6.53. The number of anilines is 1. The molecule has 0 unspecified atom stereocenters. The Morgan fingerprint density at radius 2 is 1.96 bits per heavy atom. The van der Waals surface area contributed by atoms with E-state index >= 15 is 0 Å². The lowest BCUT2D eigenvalue weighted by molar-refractivity contribution is 0.0601. The van der Waals surface area contributed by atoms with Crippen LogP contribution in [0.15, 0.2) is 48.5 Å². The molecule has 2 rings (SSSR count). The lowest BCUT2D eigenvalue weighted by atomic mass is 10.1. The molecular formula is C19H21ClN2O2S. The number of nitrogens with one attached hydrogen (secondary N) is 2. The van der Waals surface area contributed by atoms with E-state index < -0.39 is 5.97 Å². The molecule has 0 heterocycles. The van der Waals surface area contributed by atoms with Crippen LogP contribution in [0.25, 0.3) is 0 Å². The first-order valence-corrected chi connectivity index (χ1v) is 8.77. The number of methoxy groups -OCH3 is 1. The molecule has 0 aliphatic heterocycles. The molecule has 0 aliphatic carbocycles. The van der Waals surface area contributed by atoms with E-state index in [1.165, 1.54) is 12.7 Å². The summed E-state index contributed by atoms with van der Waals surface area (Å²) in [4.78, 5) is 11.7. The zero-order valence-electron chi connectivity index (χ0n) is 14.2. The van der Waals surface area contributed by atoms with E-state index in [2.05, 4.69) is 29.7 Å². The molecule has 0 saturated heterocycles. The summed E-state index contributed by atoms with van der Waals surface area (Å²) in [5, 5.41) is 7.16. The van der Waals surface area contributed by atoms with Gasteiger partial charge >= 0.3 is 5.97 Å². The van der Waals surface area contributed by atoms with E-state index in [9.17, 15) is 4.79 Å². The molecular weight excluding hydrogens is 356 g/mol. The van der Waals surface area contributed by atoms with Gasteiger partial charge < -0.3 is 15.4 Å². The Balaban J connectivity index is 1.88. The average Bonchev–Trinajstić information content (AvgIpc) is 2.61. The summed E-state index contributed by atoms with van der Waals surface area (Å²) >= 11 is 11.4. The molecule has 0 fully saturated rings. The van der Waals surface area contributed by atoms with Crippen LogP contribution in [0.4, 0.5) is 5.69 Å². The first kappa shape index (κ1) is 19.2. The van der Waals surface area contributed by atoms with Crippen molar-refractivity contribution in [3.05, 3.63) is 64.7 Å². The molecule has 1 atom stereocenters. The highest BCUT2D eigenvalue weighted by atomic mass is 35.5. The van der Waals surface area contributed by atoms with Gasteiger partial charge in [0, 0.05) is 11.7 Å². The van der Waals surface area contributed by atoms with Gasteiger partial charge in [0.05, 0.1) is 17.7 Å². The predicted molar refractivity (Wildman–Crippen MR) is 106 cm³/mol. The van der Waals surface area contributed by atoms with Crippen LogP contribution in [-0.2, 0) is 11.2 Å². The monoisotopic (exact) mass is 376 g/mol. The number of carbonyl (C=O) groups is 1. The summed E-state index contributed by atoms with van der Waals surface area (Å²) < 4.78 is 4.72. The molecule has 0 aliphatic rings. The smallest absolute Gasteiger partial charge is 0.339 e. The van der Waals surface area contributed by atoms with Crippen LogP contribution in [0.5, 0.6) is 0 Å². The third-order valence-electron chi connectivity index (χ3n) is 3.72. The van der Waals surface area contributed by atoms with Gasteiger partial charge in [-0.3, -0.25) is 0 Å². The topological polar surface area (TPSA) is 50.4 Å². The third-order valence-corrected chi connectivity index (χ3v) is 4.27. The van der Waals surface area contributed by atoms with E-state index in [-0.39, 0.29) is 6.04 Å². The van der Waals surface area contributed by atoms with Crippen molar-refractivity contribution >= 4 is 40.6 Å². The molecule has 2 aromatic carbocycles. The van der Waals surface area contributed by atoms with E-state index in [1.54, 1.807) is 18.2 Å². The molecule has 0 saturated carbocycles. The van der Waals surface area contributed by atoms with Crippen molar-refractivity contribution in [2.75, 3.05) is 12.4 Å². The Labute approximate surface area is 158 Å². The summed E-state index contributed by atoms with van der Waals surface area (Å²) in [5.74, 6) is -0.483. The van der Waals surface area contributed by atoms with Crippen LogP contribution >= 0.6 is 23.8 Å². The molecule has 2 N–H and O–H groups in total. The highest BCUT2D eigenvalue weighted by Crippen LogP contribution is 2.21. The van der Waals surface area contributed by atoms with Crippen molar-refractivity contribution in [1.82, 2.24) is 5.32 Å². The summed E-state index contributed by atoms with van der Waals surface area (Å²) in [6.45, 7) is 2.08. The van der Waals surface area contributed by atoms with Crippen molar-refractivity contribution in [1.29, 1.82) is 0 Å². The highest BCUT2D eigenvalue weighted by molar-refractivity contribution is 7.80. The van der Waals surface area contributed by atoms with Crippen molar-refractivity contribution < 1.29 is 9.53 Å². The van der Waals surface area contributed by atoms with Gasteiger partial charge in [0.1, 0.15) is 0 Å². The van der Waals surface area contributed by atoms with Crippen LogP contribution < -0.4 is 10.6 Å². The lowest BCUT2D eigenvalue weighted by Crippen LogP contribution is -2.36. The molecule has 132 valence electrons. The Kier molecular flexibility index (Phi) is 7.22. The number of hydrogen-bond donors (Lipinski definition) is 2. The van der Waals surface area contributed by atoms with Crippen molar-refractivity contribution in [3.63, 3.8) is 0 Å². The van der Waals surface area contributed by atoms with Crippen LogP contribution in [-0.4, -0.2) is 24.2 Å². The van der Waals surface area contributed by atoms with Crippen molar-refractivity contribution in [2.45, 2.75) is 25.8 Å². The molecule has 0 bridgehead atoms. The molecule has 0 radical (unpaired) electrons. The maximum atomic E-state index is 11.7. The fraction of sp³-hybridized carbons (Fsp3) is 0.263. The number of carbonyl (C=O) groups excluding carboxylic acids is 1. The Morgan fingerprint density at radius 1 is 1.24 bits per heavy atom. The Hall–Kier alpha value is -2.11. The molecule has 0 spiro atoms. The summed E-state index contributed by atoms with van der Waals surface area (Å²) in [5.41, 5.74) is 2.28. The number of hydrogen-bond acceptors (Lipinski definition) is 3. The number of rotatable bonds is 6. The predicted octanol–water partition coefficient (Wildman–Crippen LogP) is 4.43. The fourth-order valence-electron chi connectivity index (χ4n) is 2.36. The number of aryl methyl sites for hydroxylation is 1. The molecule has 6 heteroatoms. The van der Waals surface area contributed by atoms with Crippen LogP contribution in [0.3, 0.4) is 0 Å².